The van der Waals surface area contributed by atoms with E-state index in [1.165, 1.54) is 24.8 Å². The van der Waals surface area contributed by atoms with Crippen molar-refractivity contribution in [1.29, 1.82) is 0 Å². The Bertz CT molecular complexity index is 294. The fourth-order valence-corrected chi connectivity index (χ4v) is 1.93. The molecule has 1 unspecified atom stereocenters. The average molecular weight is 235 g/mol. The Balaban J connectivity index is 2.36. The molecule has 1 atom stereocenters. The zero-order chi connectivity index (χ0) is 12.5. The number of methoxy groups -OCH3 is 1. The molecule has 2 nitrogen and oxygen atoms in total. The molecule has 2 heteroatoms. The van der Waals surface area contributed by atoms with E-state index in [4.69, 9.17) is 4.74 Å². The van der Waals surface area contributed by atoms with Crippen LogP contribution in [-0.2, 0) is 6.42 Å². The third kappa shape index (κ3) is 5.22. The van der Waals surface area contributed by atoms with Crippen LogP contribution in [0.3, 0.4) is 0 Å². The van der Waals surface area contributed by atoms with Crippen molar-refractivity contribution in [1.82, 2.24) is 5.32 Å². The maximum absolute atomic E-state index is 5.16. The van der Waals surface area contributed by atoms with Crippen molar-refractivity contribution in [3.63, 3.8) is 0 Å². The smallest absolute Gasteiger partial charge is 0.118 e. The first kappa shape index (κ1) is 14.0. The van der Waals surface area contributed by atoms with Crippen molar-refractivity contribution in [2.24, 2.45) is 0 Å². The molecule has 0 aliphatic rings. The van der Waals surface area contributed by atoms with Gasteiger partial charge in [-0.25, -0.2) is 0 Å². The molecule has 0 fully saturated rings. The Kier molecular flexibility index (Phi) is 6.71. The first-order valence-corrected chi connectivity index (χ1v) is 6.66. The summed E-state index contributed by atoms with van der Waals surface area (Å²) in [5.74, 6) is 0.935. The average Bonchev–Trinajstić information content (AvgIpc) is 2.39. The molecule has 1 N–H and O–H groups in total. The first-order chi connectivity index (χ1) is 8.30. The van der Waals surface area contributed by atoms with Gasteiger partial charge in [0.1, 0.15) is 5.75 Å². The van der Waals surface area contributed by atoms with Gasteiger partial charge in [-0.2, -0.15) is 0 Å². The van der Waals surface area contributed by atoms with Gasteiger partial charge in [-0.15, -0.1) is 0 Å². The molecule has 1 aromatic carbocycles. The fraction of sp³-hybridized carbons (Fsp3) is 0.600. The van der Waals surface area contributed by atoms with Crippen molar-refractivity contribution in [3.05, 3.63) is 29.8 Å². The summed E-state index contributed by atoms with van der Waals surface area (Å²) in [6, 6.07) is 9.04. The lowest BCUT2D eigenvalue weighted by Crippen LogP contribution is -2.29. The number of benzene rings is 1. The quantitative estimate of drug-likeness (QED) is 0.745. The Hall–Kier alpha value is -1.02. The molecule has 0 aliphatic heterocycles. The number of nitrogens with one attached hydrogen (secondary N) is 1. The summed E-state index contributed by atoms with van der Waals surface area (Å²) in [5.41, 5.74) is 1.39. The summed E-state index contributed by atoms with van der Waals surface area (Å²) in [7, 11) is 1.71. The van der Waals surface area contributed by atoms with Crippen LogP contribution in [0.4, 0.5) is 0 Å². The van der Waals surface area contributed by atoms with Gasteiger partial charge in [0.2, 0.25) is 0 Å². The van der Waals surface area contributed by atoms with E-state index in [-0.39, 0.29) is 0 Å². The molecule has 0 spiro atoms. The molecule has 0 aromatic heterocycles. The molecule has 0 aliphatic carbocycles. The van der Waals surface area contributed by atoms with E-state index in [1.54, 1.807) is 7.11 Å². The Morgan fingerprint density at radius 1 is 1.18 bits per heavy atom. The molecule has 0 saturated carbocycles. The minimum atomic E-state index is 0.650. The monoisotopic (exact) mass is 235 g/mol. The van der Waals surface area contributed by atoms with Crippen LogP contribution in [0.1, 0.15) is 38.7 Å². The van der Waals surface area contributed by atoms with Gasteiger partial charge in [-0.3, -0.25) is 0 Å². The summed E-state index contributed by atoms with van der Waals surface area (Å²) >= 11 is 0. The second-order valence-corrected chi connectivity index (χ2v) is 4.45. The van der Waals surface area contributed by atoms with Crippen LogP contribution < -0.4 is 10.1 Å². The third-order valence-corrected chi connectivity index (χ3v) is 3.12. The highest BCUT2D eigenvalue weighted by atomic mass is 16.5. The van der Waals surface area contributed by atoms with E-state index < -0.39 is 0 Å². The maximum Gasteiger partial charge on any atom is 0.118 e. The molecule has 0 heterocycles. The zero-order valence-electron chi connectivity index (χ0n) is 11.3. The highest BCUT2D eigenvalue weighted by molar-refractivity contribution is 5.27. The third-order valence-electron chi connectivity index (χ3n) is 3.12. The molecular formula is C15H25NO. The summed E-state index contributed by atoms with van der Waals surface area (Å²) in [6.45, 7) is 5.59. The SMILES string of the molecule is CCCNC(CC)CCc1ccc(OC)cc1. The van der Waals surface area contributed by atoms with Gasteiger partial charge >= 0.3 is 0 Å². The fourth-order valence-electron chi connectivity index (χ4n) is 1.93. The van der Waals surface area contributed by atoms with Gasteiger partial charge in [0.05, 0.1) is 7.11 Å². The molecule has 1 rings (SSSR count). The van der Waals surface area contributed by atoms with Crippen LogP contribution >= 0.6 is 0 Å². The van der Waals surface area contributed by atoms with E-state index in [9.17, 15) is 0 Å². The van der Waals surface area contributed by atoms with Gasteiger partial charge in [-0.1, -0.05) is 26.0 Å². The van der Waals surface area contributed by atoms with Crippen molar-refractivity contribution in [3.8, 4) is 5.75 Å². The maximum atomic E-state index is 5.16. The van der Waals surface area contributed by atoms with Crippen LogP contribution in [-0.4, -0.2) is 19.7 Å². The lowest BCUT2D eigenvalue weighted by Gasteiger charge is -2.16. The zero-order valence-corrected chi connectivity index (χ0v) is 11.3. The summed E-state index contributed by atoms with van der Waals surface area (Å²) in [6.07, 6.45) is 4.76. The van der Waals surface area contributed by atoms with Gasteiger partial charge in [-0.05, 0) is 49.9 Å². The number of hydrogen-bond acceptors (Lipinski definition) is 2. The molecule has 96 valence electrons. The normalized spacial score (nSPS) is 12.4. The van der Waals surface area contributed by atoms with Crippen LogP contribution in [0.2, 0.25) is 0 Å². The summed E-state index contributed by atoms with van der Waals surface area (Å²) < 4.78 is 5.16. The van der Waals surface area contributed by atoms with Crippen molar-refractivity contribution in [2.45, 2.75) is 45.6 Å². The largest absolute Gasteiger partial charge is 0.497 e. The van der Waals surface area contributed by atoms with E-state index in [1.807, 2.05) is 12.1 Å². The number of aryl methyl sites for hydroxylation is 1. The molecule has 17 heavy (non-hydrogen) atoms. The molecule has 0 amide bonds. The molecule has 0 saturated heterocycles. The number of hydrogen-bond donors (Lipinski definition) is 1. The van der Waals surface area contributed by atoms with E-state index in [0.29, 0.717) is 6.04 Å². The Morgan fingerprint density at radius 2 is 1.88 bits per heavy atom. The van der Waals surface area contributed by atoms with E-state index in [0.717, 1.165) is 18.7 Å². The van der Waals surface area contributed by atoms with Gasteiger partial charge < -0.3 is 10.1 Å². The first-order valence-electron chi connectivity index (χ1n) is 6.66. The molecule has 0 radical (unpaired) electrons. The van der Waals surface area contributed by atoms with E-state index in [2.05, 4.69) is 31.3 Å². The summed E-state index contributed by atoms with van der Waals surface area (Å²) in [4.78, 5) is 0. The van der Waals surface area contributed by atoms with Crippen LogP contribution in [0.25, 0.3) is 0 Å². The predicted octanol–water partition coefficient (Wildman–Crippen LogP) is 3.41. The second-order valence-electron chi connectivity index (χ2n) is 4.45. The Labute approximate surface area is 105 Å². The van der Waals surface area contributed by atoms with Crippen molar-refractivity contribution in [2.75, 3.05) is 13.7 Å². The van der Waals surface area contributed by atoms with Crippen LogP contribution in [0.15, 0.2) is 24.3 Å². The molecule has 0 bridgehead atoms. The van der Waals surface area contributed by atoms with Gasteiger partial charge in [0.15, 0.2) is 0 Å². The second kappa shape index (κ2) is 8.13. The van der Waals surface area contributed by atoms with Crippen LogP contribution in [0.5, 0.6) is 5.75 Å². The predicted molar refractivity (Wildman–Crippen MR) is 73.7 cm³/mol. The Morgan fingerprint density at radius 3 is 2.41 bits per heavy atom. The highest BCUT2D eigenvalue weighted by Gasteiger charge is 2.05. The van der Waals surface area contributed by atoms with Crippen molar-refractivity contribution >= 4 is 0 Å². The van der Waals surface area contributed by atoms with Gasteiger partial charge in [0.25, 0.3) is 0 Å². The number of ether oxygens (including phenoxy) is 1. The van der Waals surface area contributed by atoms with Crippen LogP contribution in [0, 0.1) is 0 Å². The molecule has 1 aromatic rings. The lowest BCUT2D eigenvalue weighted by molar-refractivity contribution is 0.414. The van der Waals surface area contributed by atoms with Gasteiger partial charge in [0, 0.05) is 6.04 Å². The summed E-state index contributed by atoms with van der Waals surface area (Å²) in [5, 5.41) is 3.59. The molecular weight excluding hydrogens is 210 g/mol. The lowest BCUT2D eigenvalue weighted by atomic mass is 10.0. The minimum absolute atomic E-state index is 0.650. The minimum Gasteiger partial charge on any atom is -0.497 e. The number of rotatable bonds is 8. The standard InChI is InChI=1S/C15H25NO/c1-4-12-16-14(5-2)9-6-13-7-10-15(17-3)11-8-13/h7-8,10-11,14,16H,4-6,9,12H2,1-3H3. The highest BCUT2D eigenvalue weighted by Crippen LogP contribution is 2.13. The topological polar surface area (TPSA) is 21.3 Å². The van der Waals surface area contributed by atoms with Crippen molar-refractivity contribution < 1.29 is 4.74 Å². The van der Waals surface area contributed by atoms with E-state index >= 15 is 0 Å².